The van der Waals surface area contributed by atoms with Crippen LogP contribution < -0.4 is 20.7 Å². The second-order valence-electron chi connectivity index (χ2n) is 10.1. The standard InChI is InChI=1S/C33H37N5O3/c1-2-24-11-9-12-26(19-24)37-33-25(22-34)23-36-29-21-31(41-27-13-5-6-14-27)30(20-28(29)33)38-32(40)15-10-17-35-16-7-3-4-8-18-39/h1,9-12,15,19-21,23,27,35,39H,3-8,13-14,16-18H2,(H,36,37)(H,38,40). The van der Waals surface area contributed by atoms with Crippen LogP contribution >= 0.6 is 0 Å². The summed E-state index contributed by atoms with van der Waals surface area (Å²) in [7, 11) is 0. The number of anilines is 3. The van der Waals surface area contributed by atoms with E-state index in [9.17, 15) is 10.1 Å². The number of pyridine rings is 1. The van der Waals surface area contributed by atoms with Gasteiger partial charge in [-0.05, 0) is 69.3 Å². The molecule has 41 heavy (non-hydrogen) atoms. The lowest BCUT2D eigenvalue weighted by atomic mass is 10.1. The molecule has 1 aromatic heterocycles. The van der Waals surface area contributed by atoms with Crippen molar-refractivity contribution < 1.29 is 14.6 Å². The molecule has 0 atom stereocenters. The van der Waals surface area contributed by atoms with Gasteiger partial charge in [-0.25, -0.2) is 0 Å². The monoisotopic (exact) mass is 551 g/mol. The van der Waals surface area contributed by atoms with Crippen LogP contribution in [0.1, 0.15) is 62.5 Å². The number of nitrogens with one attached hydrogen (secondary N) is 3. The lowest BCUT2D eigenvalue weighted by Gasteiger charge is -2.19. The van der Waals surface area contributed by atoms with Gasteiger partial charge in [0, 0.05) is 48.1 Å². The first-order valence-corrected chi connectivity index (χ1v) is 14.3. The number of carbonyl (C=O) groups is 1. The maximum absolute atomic E-state index is 12.9. The number of nitriles is 1. The van der Waals surface area contributed by atoms with Crippen molar-refractivity contribution in [3.05, 3.63) is 65.9 Å². The molecule has 2 aromatic carbocycles. The Hall–Kier alpha value is -4.37. The number of aliphatic hydroxyl groups excluding tert-OH is 1. The summed E-state index contributed by atoms with van der Waals surface area (Å²) in [5.41, 5.74) is 3.57. The van der Waals surface area contributed by atoms with E-state index in [0.717, 1.165) is 69.2 Å². The summed E-state index contributed by atoms with van der Waals surface area (Å²) >= 11 is 0. The molecule has 1 heterocycles. The van der Waals surface area contributed by atoms with Crippen LogP contribution in [0.4, 0.5) is 17.1 Å². The molecule has 3 aromatic rings. The van der Waals surface area contributed by atoms with Crippen molar-refractivity contribution >= 4 is 33.9 Å². The SMILES string of the molecule is C#Cc1cccc(Nc2c(C#N)cnc3cc(OC4CCCC4)c(NC(=O)C=CCNCCCCCCO)cc23)c1. The lowest BCUT2D eigenvalue weighted by molar-refractivity contribution is -0.111. The molecule has 0 aliphatic heterocycles. The van der Waals surface area contributed by atoms with Crippen LogP contribution in [0.25, 0.3) is 10.9 Å². The number of aromatic nitrogens is 1. The van der Waals surface area contributed by atoms with E-state index in [1.807, 2.05) is 36.4 Å². The van der Waals surface area contributed by atoms with Gasteiger partial charge in [-0.15, -0.1) is 6.42 Å². The van der Waals surface area contributed by atoms with Crippen molar-refractivity contribution in [3.8, 4) is 24.2 Å². The first-order chi connectivity index (χ1) is 20.1. The third-order valence-electron chi connectivity index (χ3n) is 7.04. The average Bonchev–Trinajstić information content (AvgIpc) is 3.50. The van der Waals surface area contributed by atoms with Gasteiger partial charge < -0.3 is 25.8 Å². The molecule has 0 radical (unpaired) electrons. The first kappa shape index (κ1) is 29.6. The maximum Gasteiger partial charge on any atom is 0.248 e. The highest BCUT2D eigenvalue weighted by molar-refractivity contribution is 6.04. The Kier molecular flexibility index (Phi) is 11.1. The number of rotatable bonds is 14. The minimum Gasteiger partial charge on any atom is -0.488 e. The number of fused-ring (bicyclic) bond motifs is 1. The summed E-state index contributed by atoms with van der Waals surface area (Å²) in [6.45, 7) is 1.68. The summed E-state index contributed by atoms with van der Waals surface area (Å²) in [5.74, 6) is 2.92. The van der Waals surface area contributed by atoms with Crippen molar-refractivity contribution in [2.45, 2.75) is 57.5 Å². The summed E-state index contributed by atoms with van der Waals surface area (Å²) in [6.07, 6.45) is 18.6. The van der Waals surface area contributed by atoms with E-state index in [2.05, 4.69) is 32.9 Å². The fourth-order valence-corrected chi connectivity index (χ4v) is 4.89. The molecule has 4 rings (SSSR count). The normalized spacial score (nSPS) is 13.2. The molecule has 1 fully saturated rings. The summed E-state index contributed by atoms with van der Waals surface area (Å²) in [5, 5.41) is 29.0. The van der Waals surface area contributed by atoms with Gasteiger partial charge >= 0.3 is 0 Å². The molecule has 1 aliphatic rings. The van der Waals surface area contributed by atoms with Crippen molar-refractivity contribution in [1.29, 1.82) is 5.26 Å². The van der Waals surface area contributed by atoms with Crippen molar-refractivity contribution in [3.63, 3.8) is 0 Å². The lowest BCUT2D eigenvalue weighted by Crippen LogP contribution is -2.17. The zero-order chi connectivity index (χ0) is 28.9. The molecule has 8 nitrogen and oxygen atoms in total. The number of hydrogen-bond acceptors (Lipinski definition) is 7. The zero-order valence-corrected chi connectivity index (χ0v) is 23.3. The van der Waals surface area contributed by atoms with Crippen molar-refractivity contribution in [2.75, 3.05) is 30.3 Å². The quantitative estimate of drug-likeness (QED) is 0.114. The Morgan fingerprint density at radius 1 is 1.17 bits per heavy atom. The molecular formula is C33H37N5O3. The third kappa shape index (κ3) is 8.56. The number of carbonyl (C=O) groups excluding carboxylic acids is 1. The van der Waals surface area contributed by atoms with E-state index in [4.69, 9.17) is 16.3 Å². The highest BCUT2D eigenvalue weighted by Crippen LogP contribution is 2.38. The van der Waals surface area contributed by atoms with Crippen LogP contribution in [-0.2, 0) is 4.79 Å². The highest BCUT2D eigenvalue weighted by atomic mass is 16.5. The van der Waals surface area contributed by atoms with Gasteiger partial charge in [-0.1, -0.05) is 30.9 Å². The topological polar surface area (TPSA) is 119 Å². The third-order valence-corrected chi connectivity index (χ3v) is 7.04. The van der Waals surface area contributed by atoms with Gasteiger partial charge in [-0.3, -0.25) is 9.78 Å². The Morgan fingerprint density at radius 2 is 2.00 bits per heavy atom. The molecule has 8 heteroatoms. The molecule has 0 saturated heterocycles. The van der Waals surface area contributed by atoms with Crippen LogP contribution in [0.5, 0.6) is 5.75 Å². The van der Waals surface area contributed by atoms with E-state index in [-0.39, 0.29) is 18.6 Å². The highest BCUT2D eigenvalue weighted by Gasteiger charge is 2.21. The summed E-state index contributed by atoms with van der Waals surface area (Å²) in [4.78, 5) is 17.4. The smallest absolute Gasteiger partial charge is 0.248 e. The molecular weight excluding hydrogens is 514 g/mol. The fraction of sp³-hybridized carbons (Fsp3) is 0.364. The molecule has 212 valence electrons. The number of hydrogen-bond donors (Lipinski definition) is 4. The van der Waals surface area contributed by atoms with Gasteiger partial charge in [0.05, 0.1) is 28.6 Å². The van der Waals surface area contributed by atoms with E-state index in [0.29, 0.717) is 40.1 Å². The second kappa shape index (κ2) is 15.4. The van der Waals surface area contributed by atoms with Gasteiger partial charge in [-0.2, -0.15) is 5.26 Å². The van der Waals surface area contributed by atoms with Gasteiger partial charge in [0.15, 0.2) is 0 Å². The largest absolute Gasteiger partial charge is 0.488 e. The summed E-state index contributed by atoms with van der Waals surface area (Å²) in [6, 6.07) is 13.3. The Balaban J connectivity index is 1.56. The Labute approximate surface area is 241 Å². The Morgan fingerprint density at radius 3 is 2.78 bits per heavy atom. The van der Waals surface area contributed by atoms with Crippen LogP contribution in [0.15, 0.2) is 54.7 Å². The predicted octanol–water partition coefficient (Wildman–Crippen LogP) is 5.79. The number of terminal acetylenes is 1. The number of benzene rings is 2. The van der Waals surface area contributed by atoms with E-state index in [1.165, 1.54) is 12.3 Å². The van der Waals surface area contributed by atoms with E-state index < -0.39 is 0 Å². The van der Waals surface area contributed by atoms with Crippen LogP contribution in [0.2, 0.25) is 0 Å². The maximum atomic E-state index is 12.9. The van der Waals surface area contributed by atoms with Crippen LogP contribution in [-0.4, -0.2) is 41.8 Å². The number of ether oxygens (including phenoxy) is 1. The van der Waals surface area contributed by atoms with E-state index in [1.54, 1.807) is 6.08 Å². The molecule has 0 spiro atoms. The van der Waals surface area contributed by atoms with Crippen molar-refractivity contribution in [2.24, 2.45) is 0 Å². The molecule has 4 N–H and O–H groups in total. The number of amides is 1. The molecule has 1 saturated carbocycles. The fourth-order valence-electron chi connectivity index (χ4n) is 4.89. The Bertz CT molecular complexity index is 1450. The molecule has 1 aliphatic carbocycles. The van der Waals surface area contributed by atoms with Crippen LogP contribution in [0, 0.1) is 23.7 Å². The average molecular weight is 552 g/mol. The minimum absolute atomic E-state index is 0.0858. The van der Waals surface area contributed by atoms with Gasteiger partial charge in [0.1, 0.15) is 11.8 Å². The first-order valence-electron chi connectivity index (χ1n) is 14.3. The predicted molar refractivity (Wildman–Crippen MR) is 163 cm³/mol. The summed E-state index contributed by atoms with van der Waals surface area (Å²) < 4.78 is 6.34. The number of aliphatic hydroxyl groups is 1. The van der Waals surface area contributed by atoms with Crippen LogP contribution in [0.3, 0.4) is 0 Å². The molecule has 0 bridgehead atoms. The van der Waals surface area contributed by atoms with Gasteiger partial charge in [0.25, 0.3) is 0 Å². The molecule has 1 amide bonds. The number of unbranched alkanes of at least 4 members (excludes halogenated alkanes) is 3. The zero-order valence-electron chi connectivity index (χ0n) is 23.3. The molecule has 0 unspecified atom stereocenters. The minimum atomic E-state index is -0.272. The van der Waals surface area contributed by atoms with Crippen molar-refractivity contribution in [1.82, 2.24) is 10.3 Å². The number of nitrogens with zero attached hydrogens (tertiary/aromatic N) is 2. The second-order valence-corrected chi connectivity index (χ2v) is 10.1. The van der Waals surface area contributed by atoms with E-state index >= 15 is 0 Å². The van der Waals surface area contributed by atoms with Gasteiger partial charge in [0.2, 0.25) is 5.91 Å².